The van der Waals surface area contributed by atoms with Gasteiger partial charge < -0.3 is 4.74 Å². The van der Waals surface area contributed by atoms with E-state index in [4.69, 9.17) is 4.74 Å². The van der Waals surface area contributed by atoms with Gasteiger partial charge in [-0.05, 0) is 67.7 Å². The topological polar surface area (TPSA) is 67.4 Å². The highest BCUT2D eigenvalue weighted by Crippen LogP contribution is 2.45. The highest BCUT2D eigenvalue weighted by atomic mass is 16.6. The van der Waals surface area contributed by atoms with Crippen LogP contribution in [0.5, 0.6) is 0 Å². The summed E-state index contributed by atoms with van der Waals surface area (Å²) in [4.78, 5) is 24.1. The molecule has 0 bridgehead atoms. The van der Waals surface area contributed by atoms with Crippen LogP contribution in [0.4, 0.5) is 4.79 Å². The van der Waals surface area contributed by atoms with Crippen molar-refractivity contribution in [3.05, 3.63) is 34.9 Å². The molecule has 0 aromatic heterocycles. The number of amides is 2. The molecule has 0 heterocycles. The highest BCUT2D eigenvalue weighted by Gasteiger charge is 2.37. The summed E-state index contributed by atoms with van der Waals surface area (Å²) >= 11 is 0. The van der Waals surface area contributed by atoms with Gasteiger partial charge in [-0.25, -0.2) is 10.2 Å². The Morgan fingerprint density at radius 3 is 2.08 bits per heavy atom. The van der Waals surface area contributed by atoms with E-state index < -0.39 is 11.7 Å². The Labute approximate surface area is 150 Å². The molecule has 0 aliphatic heterocycles. The van der Waals surface area contributed by atoms with Gasteiger partial charge in [-0.1, -0.05) is 33.8 Å². The molecule has 5 nitrogen and oxygen atoms in total. The fraction of sp³-hybridized carbons (Fsp3) is 0.600. The third-order valence-corrected chi connectivity index (χ3v) is 4.79. The van der Waals surface area contributed by atoms with Gasteiger partial charge in [0.2, 0.25) is 0 Å². The smallest absolute Gasteiger partial charge is 0.426 e. The third kappa shape index (κ3) is 4.53. The highest BCUT2D eigenvalue weighted by molar-refractivity contribution is 5.95. The van der Waals surface area contributed by atoms with E-state index in [1.165, 1.54) is 11.1 Å². The summed E-state index contributed by atoms with van der Waals surface area (Å²) in [6, 6.07) is 5.80. The Hall–Kier alpha value is -2.04. The summed E-state index contributed by atoms with van der Waals surface area (Å²) in [5.74, 6) is -0.354. The number of nitrogens with one attached hydrogen (secondary N) is 2. The van der Waals surface area contributed by atoms with Crippen LogP contribution in [-0.2, 0) is 15.6 Å². The minimum Gasteiger partial charge on any atom is -0.443 e. The van der Waals surface area contributed by atoms with Gasteiger partial charge in [0.05, 0.1) is 0 Å². The van der Waals surface area contributed by atoms with Gasteiger partial charge in [-0.3, -0.25) is 10.2 Å². The van der Waals surface area contributed by atoms with E-state index >= 15 is 0 Å². The van der Waals surface area contributed by atoms with Crippen molar-refractivity contribution in [1.82, 2.24) is 10.9 Å². The molecule has 2 N–H and O–H groups in total. The fourth-order valence-electron chi connectivity index (χ4n) is 3.21. The summed E-state index contributed by atoms with van der Waals surface area (Å²) in [6.07, 6.45) is 1.52. The molecule has 5 heteroatoms. The molecule has 0 atom stereocenters. The molecular formula is C20H30N2O3. The van der Waals surface area contributed by atoms with E-state index in [0.717, 1.165) is 12.8 Å². The van der Waals surface area contributed by atoms with Crippen LogP contribution in [0.3, 0.4) is 0 Å². The van der Waals surface area contributed by atoms with Crippen LogP contribution in [0.15, 0.2) is 18.2 Å². The molecule has 25 heavy (non-hydrogen) atoms. The van der Waals surface area contributed by atoms with Crippen LogP contribution in [0.1, 0.15) is 82.8 Å². The average Bonchev–Trinajstić information content (AvgIpc) is 2.47. The maximum Gasteiger partial charge on any atom is 0.426 e. The van der Waals surface area contributed by atoms with E-state index in [2.05, 4.69) is 38.5 Å². The maximum atomic E-state index is 12.4. The van der Waals surface area contributed by atoms with Crippen LogP contribution in [0, 0.1) is 0 Å². The van der Waals surface area contributed by atoms with Gasteiger partial charge in [-0.15, -0.1) is 0 Å². The van der Waals surface area contributed by atoms with Crippen molar-refractivity contribution in [3.63, 3.8) is 0 Å². The van der Waals surface area contributed by atoms with Crippen molar-refractivity contribution in [1.29, 1.82) is 0 Å². The Morgan fingerprint density at radius 2 is 1.52 bits per heavy atom. The van der Waals surface area contributed by atoms with E-state index in [9.17, 15) is 9.59 Å². The number of ether oxygens (including phenoxy) is 1. The van der Waals surface area contributed by atoms with Gasteiger partial charge in [0, 0.05) is 5.56 Å². The second-order valence-corrected chi connectivity index (χ2v) is 9.11. The first-order chi connectivity index (χ1) is 11.3. The number of benzene rings is 1. The zero-order chi connectivity index (χ0) is 19.0. The van der Waals surface area contributed by atoms with Crippen molar-refractivity contribution in [2.24, 2.45) is 0 Å². The summed E-state index contributed by atoms with van der Waals surface area (Å²) in [7, 11) is 0. The zero-order valence-corrected chi connectivity index (χ0v) is 16.4. The fourth-order valence-corrected chi connectivity index (χ4v) is 3.21. The van der Waals surface area contributed by atoms with Crippen molar-refractivity contribution in [2.75, 3.05) is 0 Å². The number of hydrazine groups is 1. The second kappa shape index (κ2) is 6.36. The van der Waals surface area contributed by atoms with Crippen LogP contribution in [0.25, 0.3) is 0 Å². The minimum absolute atomic E-state index is 0.0275. The standard InChI is InChI=1S/C20H30N2O3/c1-18(2,3)25-17(24)22-21-16(23)13-8-9-14-15(12-13)20(6,7)11-10-19(14,4)5/h8-9,12H,10-11H2,1-7H3,(H,21,23)(H,22,24). The predicted molar refractivity (Wildman–Crippen MR) is 98.6 cm³/mol. The SMILES string of the molecule is CC(C)(C)OC(=O)NNC(=O)c1ccc2c(c1)C(C)(C)CCC2(C)C. The molecule has 0 radical (unpaired) electrons. The number of hydrogen-bond acceptors (Lipinski definition) is 3. The first-order valence-electron chi connectivity index (χ1n) is 8.76. The quantitative estimate of drug-likeness (QED) is 0.749. The molecular weight excluding hydrogens is 316 g/mol. The number of carbonyl (C=O) groups is 2. The monoisotopic (exact) mass is 346 g/mol. The Balaban J connectivity index is 2.16. The van der Waals surface area contributed by atoms with Gasteiger partial charge in [0.1, 0.15) is 5.60 Å². The molecule has 1 aromatic carbocycles. The van der Waals surface area contributed by atoms with Crippen LogP contribution in [0.2, 0.25) is 0 Å². The Bertz CT molecular complexity index is 685. The molecule has 0 fully saturated rings. The minimum atomic E-state index is -0.680. The van der Waals surface area contributed by atoms with E-state index in [-0.39, 0.29) is 16.7 Å². The molecule has 1 aromatic rings. The van der Waals surface area contributed by atoms with Gasteiger partial charge in [0.25, 0.3) is 5.91 Å². The summed E-state index contributed by atoms with van der Waals surface area (Å²) < 4.78 is 5.11. The molecule has 2 amide bonds. The van der Waals surface area contributed by atoms with E-state index in [1.54, 1.807) is 20.8 Å². The molecule has 0 spiro atoms. The molecule has 1 aliphatic carbocycles. The van der Waals surface area contributed by atoms with Gasteiger partial charge >= 0.3 is 6.09 Å². The van der Waals surface area contributed by atoms with Gasteiger partial charge in [0.15, 0.2) is 0 Å². The van der Waals surface area contributed by atoms with Crippen molar-refractivity contribution < 1.29 is 14.3 Å². The average molecular weight is 346 g/mol. The van der Waals surface area contributed by atoms with Crippen molar-refractivity contribution in [3.8, 4) is 0 Å². The Kier molecular flexibility index (Phi) is 4.90. The molecule has 2 rings (SSSR count). The van der Waals surface area contributed by atoms with Crippen LogP contribution in [-0.4, -0.2) is 17.6 Å². The molecule has 138 valence electrons. The predicted octanol–water partition coefficient (Wildman–Crippen LogP) is 4.21. The maximum absolute atomic E-state index is 12.4. The molecule has 0 saturated carbocycles. The van der Waals surface area contributed by atoms with Gasteiger partial charge in [-0.2, -0.15) is 0 Å². The first-order valence-corrected chi connectivity index (χ1v) is 8.76. The largest absolute Gasteiger partial charge is 0.443 e. The lowest BCUT2D eigenvalue weighted by Gasteiger charge is -2.42. The lowest BCUT2D eigenvalue weighted by atomic mass is 9.63. The van der Waals surface area contributed by atoms with E-state index in [1.807, 2.05) is 18.2 Å². The second-order valence-electron chi connectivity index (χ2n) is 9.11. The van der Waals surface area contributed by atoms with Crippen LogP contribution < -0.4 is 10.9 Å². The number of rotatable bonds is 1. The summed E-state index contributed by atoms with van der Waals surface area (Å²) in [6.45, 7) is 14.2. The zero-order valence-electron chi connectivity index (χ0n) is 16.4. The Morgan fingerprint density at radius 1 is 0.960 bits per heavy atom. The molecule has 0 unspecified atom stereocenters. The molecule has 1 aliphatic rings. The number of fused-ring (bicyclic) bond motifs is 1. The number of carbonyl (C=O) groups excluding carboxylic acids is 2. The molecule has 0 saturated heterocycles. The first kappa shape index (κ1) is 19.3. The lowest BCUT2D eigenvalue weighted by Crippen LogP contribution is -2.44. The summed E-state index contributed by atoms with van der Waals surface area (Å²) in [5, 5.41) is 0. The lowest BCUT2D eigenvalue weighted by molar-refractivity contribution is 0.0483. The normalized spacial score (nSPS) is 18.0. The third-order valence-electron chi connectivity index (χ3n) is 4.79. The van der Waals surface area contributed by atoms with Crippen molar-refractivity contribution in [2.45, 2.75) is 77.7 Å². The van der Waals surface area contributed by atoms with E-state index in [0.29, 0.717) is 5.56 Å². The number of hydrogen-bond donors (Lipinski definition) is 2. The van der Waals surface area contributed by atoms with Crippen LogP contribution >= 0.6 is 0 Å². The summed E-state index contributed by atoms with van der Waals surface area (Å²) in [5.41, 5.74) is 7.25. The van der Waals surface area contributed by atoms with Crippen molar-refractivity contribution >= 4 is 12.0 Å².